The summed E-state index contributed by atoms with van der Waals surface area (Å²) >= 11 is 0. The molecule has 1 fully saturated rings. The third-order valence-electron chi connectivity index (χ3n) is 6.82. The number of aromatic nitrogens is 2. The van der Waals surface area contributed by atoms with E-state index >= 15 is 0 Å². The summed E-state index contributed by atoms with van der Waals surface area (Å²) in [6.45, 7) is 8.98. The zero-order chi connectivity index (χ0) is 24.5. The van der Waals surface area contributed by atoms with Crippen LogP contribution in [0.1, 0.15) is 48.2 Å². The van der Waals surface area contributed by atoms with E-state index in [0.29, 0.717) is 29.3 Å². The van der Waals surface area contributed by atoms with Gasteiger partial charge in [-0.15, -0.1) is 0 Å². The van der Waals surface area contributed by atoms with Gasteiger partial charge in [0.05, 0.1) is 23.6 Å². The summed E-state index contributed by atoms with van der Waals surface area (Å²) in [5.41, 5.74) is 4.35. The van der Waals surface area contributed by atoms with E-state index < -0.39 is 0 Å². The van der Waals surface area contributed by atoms with Crippen LogP contribution >= 0.6 is 0 Å². The number of hydrogen-bond acceptors (Lipinski definition) is 6. The molecule has 1 aliphatic heterocycles. The fraction of sp³-hybridized carbons (Fsp3) is 0.444. The molecule has 34 heavy (non-hydrogen) atoms. The van der Waals surface area contributed by atoms with E-state index in [1.165, 1.54) is 7.11 Å². The topological polar surface area (TPSA) is 76.5 Å². The van der Waals surface area contributed by atoms with E-state index in [-0.39, 0.29) is 11.5 Å². The Balaban J connectivity index is 1.64. The number of hydrogen-bond donors (Lipinski definition) is 1. The van der Waals surface area contributed by atoms with E-state index in [1.807, 2.05) is 38.2 Å². The first-order valence-electron chi connectivity index (χ1n) is 11.9. The van der Waals surface area contributed by atoms with E-state index in [4.69, 9.17) is 9.72 Å². The molecule has 4 rings (SSSR count). The summed E-state index contributed by atoms with van der Waals surface area (Å²) in [6, 6.07) is 11.3. The minimum Gasteiger partial charge on any atom is -0.465 e. The standard InChI is InChI=1S/C27H34N4O3/c1-18-16-19(10-13-28-22-9-7-6-8-20(22)25(33)34-5)23-21(17-18)24(32)30(4)26(29-23)31-14-11-27(2,3)12-15-31/h6-9,16-17,28H,10-15H2,1-5H3. The molecule has 0 aliphatic carbocycles. The number of methoxy groups -OCH3 is 1. The predicted molar refractivity (Wildman–Crippen MR) is 137 cm³/mol. The van der Waals surface area contributed by atoms with E-state index in [0.717, 1.165) is 54.2 Å². The van der Waals surface area contributed by atoms with Crippen molar-refractivity contribution in [2.24, 2.45) is 12.5 Å². The van der Waals surface area contributed by atoms with E-state index in [9.17, 15) is 9.59 Å². The monoisotopic (exact) mass is 462 g/mol. The van der Waals surface area contributed by atoms with Gasteiger partial charge in [0.2, 0.25) is 5.95 Å². The molecular formula is C27H34N4O3. The van der Waals surface area contributed by atoms with Gasteiger partial charge in [0.1, 0.15) is 0 Å². The van der Waals surface area contributed by atoms with Crippen LogP contribution in [0.3, 0.4) is 0 Å². The third-order valence-corrected chi connectivity index (χ3v) is 6.82. The Morgan fingerprint density at radius 2 is 1.88 bits per heavy atom. The SMILES string of the molecule is COC(=O)c1ccccc1NCCc1cc(C)cc2c(=O)n(C)c(N3CCC(C)(C)CC3)nc12. The average molecular weight is 463 g/mol. The van der Waals surface area contributed by atoms with Crippen LogP contribution in [0.15, 0.2) is 41.2 Å². The number of fused-ring (bicyclic) bond motifs is 1. The van der Waals surface area contributed by atoms with Crippen molar-refractivity contribution in [3.8, 4) is 0 Å². The maximum Gasteiger partial charge on any atom is 0.339 e. The zero-order valence-corrected chi connectivity index (χ0v) is 20.8. The molecule has 2 heterocycles. The highest BCUT2D eigenvalue weighted by molar-refractivity contribution is 5.95. The van der Waals surface area contributed by atoms with Crippen molar-refractivity contribution >= 4 is 28.5 Å². The normalized spacial score (nSPS) is 15.4. The lowest BCUT2D eigenvalue weighted by molar-refractivity contribution is 0.0602. The van der Waals surface area contributed by atoms with Crippen LogP contribution in [-0.4, -0.2) is 42.3 Å². The predicted octanol–water partition coefficient (Wildman–Crippen LogP) is 4.31. The fourth-order valence-electron chi connectivity index (χ4n) is 4.64. The number of nitrogens with one attached hydrogen (secondary N) is 1. The molecule has 180 valence electrons. The first-order chi connectivity index (χ1) is 16.2. The molecular weight excluding hydrogens is 428 g/mol. The minimum absolute atomic E-state index is 0.0150. The van der Waals surface area contributed by atoms with Crippen LogP contribution in [0.25, 0.3) is 10.9 Å². The molecule has 0 unspecified atom stereocenters. The second kappa shape index (κ2) is 9.49. The Bertz CT molecular complexity index is 1270. The molecule has 0 radical (unpaired) electrons. The third kappa shape index (κ3) is 4.79. The maximum atomic E-state index is 13.3. The molecule has 2 aromatic carbocycles. The number of rotatable bonds is 6. The molecule has 1 aromatic heterocycles. The highest BCUT2D eigenvalue weighted by Crippen LogP contribution is 2.32. The van der Waals surface area contributed by atoms with Gasteiger partial charge in [0.15, 0.2) is 0 Å². The summed E-state index contributed by atoms with van der Waals surface area (Å²) in [5, 5.41) is 4.00. The van der Waals surface area contributed by atoms with Crippen molar-refractivity contribution in [1.29, 1.82) is 0 Å². The molecule has 0 spiro atoms. The number of nitrogens with zero attached hydrogens (tertiary/aromatic N) is 3. The number of piperidine rings is 1. The number of anilines is 2. The number of benzene rings is 2. The number of ether oxygens (including phenoxy) is 1. The highest BCUT2D eigenvalue weighted by atomic mass is 16.5. The largest absolute Gasteiger partial charge is 0.465 e. The zero-order valence-electron chi connectivity index (χ0n) is 20.8. The Morgan fingerprint density at radius 3 is 2.59 bits per heavy atom. The Hall–Kier alpha value is -3.35. The van der Waals surface area contributed by atoms with Gasteiger partial charge in [0, 0.05) is 32.4 Å². The summed E-state index contributed by atoms with van der Waals surface area (Å²) in [4.78, 5) is 32.6. The van der Waals surface area contributed by atoms with Gasteiger partial charge in [-0.2, -0.15) is 0 Å². The van der Waals surface area contributed by atoms with Crippen molar-refractivity contribution in [1.82, 2.24) is 9.55 Å². The lowest BCUT2D eigenvalue weighted by Gasteiger charge is -2.38. The van der Waals surface area contributed by atoms with Crippen LogP contribution in [0.5, 0.6) is 0 Å². The molecule has 7 nitrogen and oxygen atoms in total. The fourth-order valence-corrected chi connectivity index (χ4v) is 4.64. The van der Waals surface area contributed by atoms with Crippen LogP contribution in [0, 0.1) is 12.3 Å². The number of para-hydroxylation sites is 1. The number of aryl methyl sites for hydroxylation is 1. The van der Waals surface area contributed by atoms with Gasteiger partial charge in [-0.05, 0) is 60.9 Å². The molecule has 1 N–H and O–H groups in total. The summed E-state index contributed by atoms with van der Waals surface area (Å²) in [5.74, 6) is 0.366. The van der Waals surface area contributed by atoms with Gasteiger partial charge >= 0.3 is 5.97 Å². The van der Waals surface area contributed by atoms with Crippen LogP contribution in [0.2, 0.25) is 0 Å². The van der Waals surface area contributed by atoms with Gasteiger partial charge in [-0.3, -0.25) is 9.36 Å². The van der Waals surface area contributed by atoms with Crippen LogP contribution < -0.4 is 15.8 Å². The van der Waals surface area contributed by atoms with Crippen LogP contribution in [-0.2, 0) is 18.2 Å². The van der Waals surface area contributed by atoms with Crippen molar-refractivity contribution in [3.05, 3.63) is 63.4 Å². The van der Waals surface area contributed by atoms with E-state index in [2.05, 4.69) is 30.1 Å². The summed E-state index contributed by atoms with van der Waals surface area (Å²) in [6.07, 6.45) is 2.82. The first-order valence-corrected chi connectivity index (χ1v) is 11.9. The highest BCUT2D eigenvalue weighted by Gasteiger charge is 2.27. The number of esters is 1. The van der Waals surface area contributed by atoms with Crippen LogP contribution in [0.4, 0.5) is 11.6 Å². The van der Waals surface area contributed by atoms with Gasteiger partial charge in [-0.25, -0.2) is 9.78 Å². The molecule has 7 heteroatoms. The Labute approximate surface area is 200 Å². The maximum absolute atomic E-state index is 13.3. The lowest BCUT2D eigenvalue weighted by Crippen LogP contribution is -2.40. The molecule has 0 bridgehead atoms. The first kappa shape index (κ1) is 23.8. The van der Waals surface area contributed by atoms with Crippen molar-refractivity contribution < 1.29 is 9.53 Å². The van der Waals surface area contributed by atoms with Gasteiger partial charge < -0.3 is 15.0 Å². The second-order valence-electron chi connectivity index (χ2n) is 9.96. The quantitative estimate of drug-likeness (QED) is 0.550. The average Bonchev–Trinajstić information content (AvgIpc) is 2.82. The van der Waals surface area contributed by atoms with E-state index in [1.54, 1.807) is 10.6 Å². The summed E-state index contributed by atoms with van der Waals surface area (Å²) in [7, 11) is 3.20. The van der Waals surface area contributed by atoms with Crippen molar-refractivity contribution in [2.45, 2.75) is 40.0 Å². The smallest absolute Gasteiger partial charge is 0.339 e. The number of carbonyl (C=O) groups is 1. The molecule has 1 saturated heterocycles. The van der Waals surface area contributed by atoms with Gasteiger partial charge in [0.25, 0.3) is 5.56 Å². The number of carbonyl (C=O) groups excluding carboxylic acids is 1. The second-order valence-corrected chi connectivity index (χ2v) is 9.96. The molecule has 0 saturated carbocycles. The van der Waals surface area contributed by atoms with Crippen molar-refractivity contribution in [2.75, 3.05) is 37.0 Å². The lowest BCUT2D eigenvalue weighted by atomic mass is 9.83. The summed E-state index contributed by atoms with van der Waals surface area (Å²) < 4.78 is 6.58. The Kier molecular flexibility index (Phi) is 6.64. The molecule has 1 aliphatic rings. The molecule has 0 atom stereocenters. The van der Waals surface area contributed by atoms with Gasteiger partial charge in [-0.1, -0.05) is 32.0 Å². The molecule has 0 amide bonds. The minimum atomic E-state index is -0.372. The van der Waals surface area contributed by atoms with Crippen molar-refractivity contribution in [3.63, 3.8) is 0 Å². The Morgan fingerprint density at radius 1 is 1.18 bits per heavy atom. The molecule has 3 aromatic rings.